The molecule has 0 aromatic heterocycles. The van der Waals surface area contributed by atoms with Gasteiger partial charge in [0.2, 0.25) is 0 Å². The molecule has 0 aliphatic rings. The number of esters is 1. The Morgan fingerprint density at radius 1 is 1.32 bits per heavy atom. The van der Waals surface area contributed by atoms with Gasteiger partial charge in [0.25, 0.3) is 0 Å². The van der Waals surface area contributed by atoms with Gasteiger partial charge in [-0.3, -0.25) is 0 Å². The van der Waals surface area contributed by atoms with Gasteiger partial charge in [-0.05, 0) is 30.9 Å². The maximum Gasteiger partial charge on any atom is 0.339 e. The van der Waals surface area contributed by atoms with Crippen LogP contribution >= 0.6 is 11.8 Å². The molecule has 19 heavy (non-hydrogen) atoms. The van der Waals surface area contributed by atoms with Crippen molar-refractivity contribution in [2.75, 3.05) is 26.6 Å². The van der Waals surface area contributed by atoms with E-state index in [1.54, 1.807) is 13.0 Å². The molecule has 6 heteroatoms. The summed E-state index contributed by atoms with van der Waals surface area (Å²) in [4.78, 5) is 23.8. The first kappa shape index (κ1) is 15.5. The smallest absolute Gasteiger partial charge is 0.339 e. The standard InChI is InChI=1S/C13H16O5S/c1-8-9(12(14)15)4-5-10(19-3)11(8)13(16)18-7-6-17-2/h4-5H,6-7H2,1-3H3,(H,14,15). The van der Waals surface area contributed by atoms with E-state index in [0.29, 0.717) is 22.6 Å². The van der Waals surface area contributed by atoms with Gasteiger partial charge in [0.05, 0.1) is 17.7 Å². The van der Waals surface area contributed by atoms with Crippen molar-refractivity contribution in [3.63, 3.8) is 0 Å². The molecule has 0 radical (unpaired) electrons. The van der Waals surface area contributed by atoms with Gasteiger partial charge in [0, 0.05) is 12.0 Å². The molecular weight excluding hydrogens is 268 g/mol. The highest BCUT2D eigenvalue weighted by molar-refractivity contribution is 7.98. The number of thioether (sulfide) groups is 1. The third kappa shape index (κ3) is 3.71. The van der Waals surface area contributed by atoms with Crippen LogP contribution in [0.3, 0.4) is 0 Å². The lowest BCUT2D eigenvalue weighted by Crippen LogP contribution is -2.14. The van der Waals surface area contributed by atoms with Gasteiger partial charge in [-0.1, -0.05) is 0 Å². The molecule has 0 heterocycles. The highest BCUT2D eigenvalue weighted by Crippen LogP contribution is 2.26. The summed E-state index contributed by atoms with van der Waals surface area (Å²) in [5, 5.41) is 9.07. The van der Waals surface area contributed by atoms with Gasteiger partial charge in [0.1, 0.15) is 6.61 Å². The Labute approximate surface area is 115 Å². The predicted molar refractivity (Wildman–Crippen MR) is 72.1 cm³/mol. The first-order chi connectivity index (χ1) is 9.02. The summed E-state index contributed by atoms with van der Waals surface area (Å²) in [6, 6.07) is 3.11. The zero-order chi connectivity index (χ0) is 14.4. The van der Waals surface area contributed by atoms with Crippen molar-refractivity contribution in [1.82, 2.24) is 0 Å². The fourth-order valence-corrected chi connectivity index (χ4v) is 2.28. The average molecular weight is 284 g/mol. The number of aromatic carboxylic acids is 1. The average Bonchev–Trinajstić information content (AvgIpc) is 2.37. The second-order valence-corrected chi connectivity index (χ2v) is 4.60. The van der Waals surface area contributed by atoms with Crippen molar-refractivity contribution in [3.8, 4) is 0 Å². The molecule has 0 spiro atoms. The second-order valence-electron chi connectivity index (χ2n) is 3.75. The number of rotatable bonds is 6. The maximum atomic E-state index is 12.0. The molecule has 0 atom stereocenters. The van der Waals surface area contributed by atoms with Gasteiger partial charge < -0.3 is 14.6 Å². The molecule has 5 nitrogen and oxygen atoms in total. The third-order valence-electron chi connectivity index (χ3n) is 2.60. The van der Waals surface area contributed by atoms with Crippen LogP contribution in [0.2, 0.25) is 0 Å². The molecule has 0 bridgehead atoms. The minimum Gasteiger partial charge on any atom is -0.478 e. The molecule has 0 saturated heterocycles. The number of ether oxygens (including phenoxy) is 2. The summed E-state index contributed by atoms with van der Waals surface area (Å²) in [7, 11) is 1.51. The second kappa shape index (κ2) is 7.16. The van der Waals surface area contributed by atoms with Crippen molar-refractivity contribution in [1.29, 1.82) is 0 Å². The molecule has 1 aromatic carbocycles. The van der Waals surface area contributed by atoms with Crippen molar-refractivity contribution >= 4 is 23.7 Å². The third-order valence-corrected chi connectivity index (χ3v) is 3.38. The molecule has 0 unspecified atom stereocenters. The van der Waals surface area contributed by atoms with Crippen molar-refractivity contribution in [2.45, 2.75) is 11.8 Å². The van der Waals surface area contributed by atoms with E-state index in [1.807, 2.05) is 6.26 Å². The number of carboxylic acid groups (broad SMARTS) is 1. The SMILES string of the molecule is COCCOC(=O)c1c(SC)ccc(C(=O)O)c1C. The summed E-state index contributed by atoms with van der Waals surface area (Å²) in [6.07, 6.45) is 1.82. The van der Waals surface area contributed by atoms with Crippen LogP contribution in [0.1, 0.15) is 26.3 Å². The van der Waals surface area contributed by atoms with Crippen LogP contribution in [0, 0.1) is 6.92 Å². The van der Waals surface area contributed by atoms with Gasteiger partial charge in [-0.25, -0.2) is 9.59 Å². The number of hydrogen-bond acceptors (Lipinski definition) is 5. The maximum absolute atomic E-state index is 12.0. The van der Waals surface area contributed by atoms with Crippen LogP contribution in [-0.2, 0) is 9.47 Å². The van der Waals surface area contributed by atoms with E-state index in [4.69, 9.17) is 14.6 Å². The zero-order valence-corrected chi connectivity index (χ0v) is 11.9. The lowest BCUT2D eigenvalue weighted by atomic mass is 10.0. The van der Waals surface area contributed by atoms with E-state index in [9.17, 15) is 9.59 Å². The lowest BCUT2D eigenvalue weighted by molar-refractivity contribution is 0.0383. The first-order valence-electron chi connectivity index (χ1n) is 5.59. The van der Waals surface area contributed by atoms with Crippen LogP contribution < -0.4 is 0 Å². The van der Waals surface area contributed by atoms with Gasteiger partial charge >= 0.3 is 11.9 Å². The highest BCUT2D eigenvalue weighted by atomic mass is 32.2. The number of benzene rings is 1. The summed E-state index contributed by atoms with van der Waals surface area (Å²) >= 11 is 1.37. The molecule has 1 rings (SSSR count). The molecule has 0 aliphatic carbocycles. The van der Waals surface area contributed by atoms with Crippen LogP contribution in [0.5, 0.6) is 0 Å². The number of carboxylic acids is 1. The largest absolute Gasteiger partial charge is 0.478 e. The van der Waals surface area contributed by atoms with Crippen LogP contribution in [-0.4, -0.2) is 43.6 Å². The fourth-order valence-electron chi connectivity index (χ4n) is 1.63. The molecule has 1 N–H and O–H groups in total. The Hall–Kier alpha value is -1.53. The minimum atomic E-state index is -1.06. The summed E-state index contributed by atoms with van der Waals surface area (Å²) in [5.74, 6) is -1.59. The lowest BCUT2D eigenvalue weighted by Gasteiger charge is -2.12. The Bertz CT molecular complexity index is 484. The number of carbonyl (C=O) groups is 2. The summed E-state index contributed by atoms with van der Waals surface area (Å²) < 4.78 is 9.86. The van der Waals surface area contributed by atoms with Crippen LogP contribution in [0.15, 0.2) is 17.0 Å². The Morgan fingerprint density at radius 3 is 2.53 bits per heavy atom. The van der Waals surface area contributed by atoms with Crippen molar-refractivity contribution < 1.29 is 24.2 Å². The first-order valence-corrected chi connectivity index (χ1v) is 6.82. The molecule has 0 saturated carbocycles. The molecule has 0 fully saturated rings. The quantitative estimate of drug-likeness (QED) is 0.490. The molecular formula is C13H16O5S. The summed E-state index contributed by atoms with van der Waals surface area (Å²) in [5.41, 5.74) is 0.835. The highest BCUT2D eigenvalue weighted by Gasteiger charge is 2.20. The summed E-state index contributed by atoms with van der Waals surface area (Å²) in [6.45, 7) is 2.05. The van der Waals surface area contributed by atoms with Crippen LogP contribution in [0.4, 0.5) is 0 Å². The fraction of sp³-hybridized carbons (Fsp3) is 0.385. The molecule has 0 amide bonds. The predicted octanol–water partition coefficient (Wildman–Crippen LogP) is 2.22. The Morgan fingerprint density at radius 2 is 2.00 bits per heavy atom. The Balaban J connectivity index is 3.12. The van der Waals surface area contributed by atoms with Gasteiger partial charge in [0.15, 0.2) is 0 Å². The van der Waals surface area contributed by atoms with E-state index in [1.165, 1.54) is 24.9 Å². The number of hydrogen-bond donors (Lipinski definition) is 1. The number of carbonyl (C=O) groups excluding carboxylic acids is 1. The molecule has 1 aromatic rings. The van der Waals surface area contributed by atoms with E-state index in [0.717, 1.165) is 0 Å². The molecule has 104 valence electrons. The van der Waals surface area contributed by atoms with E-state index >= 15 is 0 Å². The zero-order valence-electron chi connectivity index (χ0n) is 11.1. The number of methoxy groups -OCH3 is 1. The van der Waals surface area contributed by atoms with Gasteiger partial charge in [-0.2, -0.15) is 0 Å². The topological polar surface area (TPSA) is 72.8 Å². The molecule has 0 aliphatic heterocycles. The van der Waals surface area contributed by atoms with E-state index < -0.39 is 11.9 Å². The van der Waals surface area contributed by atoms with Crippen molar-refractivity contribution in [3.05, 3.63) is 28.8 Å². The Kier molecular flexibility index (Phi) is 5.85. The normalized spacial score (nSPS) is 10.3. The van der Waals surface area contributed by atoms with Gasteiger partial charge in [-0.15, -0.1) is 11.8 Å². The van der Waals surface area contributed by atoms with E-state index in [-0.39, 0.29) is 12.2 Å². The van der Waals surface area contributed by atoms with Crippen molar-refractivity contribution in [2.24, 2.45) is 0 Å². The minimum absolute atomic E-state index is 0.108. The van der Waals surface area contributed by atoms with E-state index in [2.05, 4.69) is 0 Å². The monoisotopic (exact) mass is 284 g/mol. The van der Waals surface area contributed by atoms with Crippen LogP contribution in [0.25, 0.3) is 0 Å².